The van der Waals surface area contributed by atoms with Crippen LogP contribution in [0.1, 0.15) is 23.1 Å². The van der Waals surface area contributed by atoms with Gasteiger partial charge in [-0.3, -0.25) is 4.79 Å². The summed E-state index contributed by atoms with van der Waals surface area (Å²) in [5.41, 5.74) is 1.13. The Balaban J connectivity index is 2.51. The molecule has 19 heavy (non-hydrogen) atoms. The van der Waals surface area contributed by atoms with Gasteiger partial charge in [-0.2, -0.15) is 0 Å². The van der Waals surface area contributed by atoms with Crippen molar-refractivity contribution in [2.24, 2.45) is 0 Å². The first kappa shape index (κ1) is 13.1. The highest BCUT2D eigenvalue weighted by molar-refractivity contribution is 6.01. The molecule has 0 aliphatic rings. The van der Waals surface area contributed by atoms with Crippen molar-refractivity contribution in [2.45, 2.75) is 20.4 Å². The quantitative estimate of drug-likeness (QED) is 0.846. The first-order valence-corrected chi connectivity index (χ1v) is 5.89. The van der Waals surface area contributed by atoms with E-state index in [0.717, 1.165) is 0 Å². The Morgan fingerprint density at radius 3 is 2.79 bits per heavy atom. The molecule has 0 atom stereocenters. The first-order valence-electron chi connectivity index (χ1n) is 5.89. The van der Waals surface area contributed by atoms with E-state index in [-0.39, 0.29) is 18.1 Å². The smallest absolute Gasteiger partial charge is 0.337 e. The minimum Gasteiger partial charge on any atom is -0.478 e. The number of benzene rings is 1. The molecule has 0 unspecified atom stereocenters. The van der Waals surface area contributed by atoms with E-state index in [2.05, 4.69) is 4.98 Å². The highest BCUT2D eigenvalue weighted by Crippen LogP contribution is 2.20. The summed E-state index contributed by atoms with van der Waals surface area (Å²) >= 11 is 0. The molecule has 0 aliphatic carbocycles. The number of para-hydroxylation sites is 1. The molecule has 0 saturated carbocycles. The van der Waals surface area contributed by atoms with E-state index >= 15 is 0 Å². The number of nitrogens with zero attached hydrogens (tertiary/aromatic N) is 2. The number of hydrogen-bond donors (Lipinski definition) is 1. The van der Waals surface area contributed by atoms with Crippen molar-refractivity contribution >= 4 is 23.0 Å². The third-order valence-electron chi connectivity index (χ3n) is 2.79. The molecule has 0 fully saturated rings. The van der Waals surface area contributed by atoms with Gasteiger partial charge in [0.25, 0.3) is 0 Å². The molecule has 1 aromatic heterocycles. The zero-order valence-corrected chi connectivity index (χ0v) is 10.7. The van der Waals surface area contributed by atoms with Crippen LogP contribution >= 0.6 is 0 Å². The van der Waals surface area contributed by atoms with E-state index in [1.807, 2.05) is 0 Å². The van der Waals surface area contributed by atoms with Crippen LogP contribution in [-0.4, -0.2) is 33.2 Å². The first-order chi connectivity index (χ1) is 9.04. The van der Waals surface area contributed by atoms with Crippen molar-refractivity contribution in [3.8, 4) is 0 Å². The molecule has 2 aromatic rings. The van der Waals surface area contributed by atoms with E-state index in [1.165, 1.54) is 6.07 Å². The Bertz CT molecular complexity index is 645. The highest BCUT2D eigenvalue weighted by Gasteiger charge is 2.16. The van der Waals surface area contributed by atoms with Gasteiger partial charge in [0.05, 0.1) is 17.7 Å². The van der Waals surface area contributed by atoms with Gasteiger partial charge in [-0.25, -0.2) is 9.78 Å². The van der Waals surface area contributed by atoms with Gasteiger partial charge >= 0.3 is 11.9 Å². The standard InChI is InChI=1S/C13H14N2O4/c1-3-19-11(16)7-15-8(2)14-12-9(13(17)18)5-4-6-10(12)15/h4-6H,3,7H2,1-2H3,(H,17,18). The fourth-order valence-corrected chi connectivity index (χ4v) is 1.97. The lowest BCUT2D eigenvalue weighted by Crippen LogP contribution is -2.14. The summed E-state index contributed by atoms with van der Waals surface area (Å²) in [7, 11) is 0. The second-order valence-corrected chi connectivity index (χ2v) is 4.03. The molecule has 0 saturated heterocycles. The molecule has 0 amide bonds. The average Bonchev–Trinajstić information content (AvgIpc) is 2.66. The van der Waals surface area contributed by atoms with Crippen LogP contribution in [0.25, 0.3) is 11.0 Å². The maximum absolute atomic E-state index is 11.5. The molecule has 0 bridgehead atoms. The number of rotatable bonds is 4. The van der Waals surface area contributed by atoms with Gasteiger partial charge in [0, 0.05) is 0 Å². The average molecular weight is 262 g/mol. The molecular formula is C13H14N2O4. The maximum Gasteiger partial charge on any atom is 0.337 e. The lowest BCUT2D eigenvalue weighted by Gasteiger charge is -2.06. The predicted molar refractivity (Wildman–Crippen MR) is 68.1 cm³/mol. The number of fused-ring (bicyclic) bond motifs is 1. The molecule has 0 spiro atoms. The van der Waals surface area contributed by atoms with E-state index in [4.69, 9.17) is 9.84 Å². The van der Waals surface area contributed by atoms with Crippen LogP contribution in [0, 0.1) is 6.92 Å². The van der Waals surface area contributed by atoms with Gasteiger partial charge in [0.2, 0.25) is 0 Å². The van der Waals surface area contributed by atoms with E-state index in [0.29, 0.717) is 23.5 Å². The fraction of sp³-hybridized carbons (Fsp3) is 0.308. The van der Waals surface area contributed by atoms with Crippen LogP contribution in [0.15, 0.2) is 18.2 Å². The summed E-state index contributed by atoms with van der Waals surface area (Å²) in [6.07, 6.45) is 0. The Hall–Kier alpha value is -2.37. The number of aromatic carboxylic acids is 1. The van der Waals surface area contributed by atoms with Gasteiger partial charge in [-0.15, -0.1) is 0 Å². The number of carboxylic acids is 1. The zero-order valence-electron chi connectivity index (χ0n) is 10.7. The topological polar surface area (TPSA) is 81.4 Å². The highest BCUT2D eigenvalue weighted by atomic mass is 16.5. The van der Waals surface area contributed by atoms with E-state index in [1.54, 1.807) is 30.5 Å². The van der Waals surface area contributed by atoms with E-state index < -0.39 is 5.97 Å². The van der Waals surface area contributed by atoms with Crippen LogP contribution < -0.4 is 0 Å². The van der Waals surface area contributed by atoms with Crippen molar-refractivity contribution in [3.63, 3.8) is 0 Å². The zero-order chi connectivity index (χ0) is 14.0. The van der Waals surface area contributed by atoms with Crippen molar-refractivity contribution in [1.29, 1.82) is 0 Å². The summed E-state index contributed by atoms with van der Waals surface area (Å²) < 4.78 is 6.55. The second-order valence-electron chi connectivity index (χ2n) is 4.03. The van der Waals surface area contributed by atoms with Gasteiger partial charge in [-0.05, 0) is 26.0 Å². The number of ether oxygens (including phenoxy) is 1. The predicted octanol–water partition coefficient (Wildman–Crippen LogP) is 1.61. The summed E-state index contributed by atoms with van der Waals surface area (Å²) in [5, 5.41) is 9.11. The number of carbonyl (C=O) groups is 2. The Morgan fingerprint density at radius 2 is 2.16 bits per heavy atom. The summed E-state index contributed by atoms with van der Waals surface area (Å²) in [5.74, 6) is -0.825. The number of aromatic nitrogens is 2. The van der Waals surface area contributed by atoms with Crippen LogP contribution in [0.4, 0.5) is 0 Å². The normalized spacial score (nSPS) is 10.6. The van der Waals surface area contributed by atoms with Gasteiger partial charge < -0.3 is 14.4 Å². The molecule has 1 N–H and O–H groups in total. The second kappa shape index (κ2) is 5.09. The maximum atomic E-state index is 11.5. The van der Waals surface area contributed by atoms with Crippen molar-refractivity contribution < 1.29 is 19.4 Å². The summed E-state index contributed by atoms with van der Waals surface area (Å²) in [6, 6.07) is 4.86. The molecule has 1 aromatic carbocycles. The van der Waals surface area contributed by atoms with E-state index in [9.17, 15) is 9.59 Å². The molecule has 0 radical (unpaired) electrons. The molecule has 6 heteroatoms. The van der Waals surface area contributed by atoms with Gasteiger partial charge in [0.15, 0.2) is 0 Å². The van der Waals surface area contributed by atoms with Crippen LogP contribution in [0.3, 0.4) is 0 Å². The third kappa shape index (κ3) is 2.42. The number of imidazole rings is 1. The minimum absolute atomic E-state index is 0.0270. The summed E-state index contributed by atoms with van der Waals surface area (Å²) in [6.45, 7) is 3.80. The van der Waals surface area contributed by atoms with Crippen molar-refractivity contribution in [1.82, 2.24) is 9.55 Å². The fourth-order valence-electron chi connectivity index (χ4n) is 1.97. The number of hydrogen-bond acceptors (Lipinski definition) is 4. The van der Waals surface area contributed by atoms with Gasteiger partial charge in [-0.1, -0.05) is 6.07 Å². The molecule has 0 aliphatic heterocycles. The lowest BCUT2D eigenvalue weighted by molar-refractivity contribution is -0.143. The molecule has 2 rings (SSSR count). The molecular weight excluding hydrogens is 248 g/mol. The van der Waals surface area contributed by atoms with Gasteiger partial charge in [0.1, 0.15) is 17.9 Å². The number of esters is 1. The summed E-state index contributed by atoms with van der Waals surface area (Å²) in [4.78, 5) is 26.9. The van der Waals surface area contributed by atoms with Crippen LogP contribution in [0.2, 0.25) is 0 Å². The molecule has 1 heterocycles. The molecule has 100 valence electrons. The number of carboxylic acid groups (broad SMARTS) is 1. The number of carbonyl (C=O) groups excluding carboxylic acids is 1. The largest absolute Gasteiger partial charge is 0.478 e. The van der Waals surface area contributed by atoms with Crippen molar-refractivity contribution in [3.05, 3.63) is 29.6 Å². The SMILES string of the molecule is CCOC(=O)Cn1c(C)nc2c(C(=O)O)cccc21. The Kier molecular flexibility index (Phi) is 3.50. The Morgan fingerprint density at radius 1 is 1.42 bits per heavy atom. The molecule has 6 nitrogen and oxygen atoms in total. The third-order valence-corrected chi connectivity index (χ3v) is 2.79. The lowest BCUT2D eigenvalue weighted by atomic mass is 10.2. The monoisotopic (exact) mass is 262 g/mol. The number of aryl methyl sites for hydroxylation is 1. The minimum atomic E-state index is -1.04. The van der Waals surface area contributed by atoms with Crippen LogP contribution in [0.5, 0.6) is 0 Å². The van der Waals surface area contributed by atoms with Crippen molar-refractivity contribution in [2.75, 3.05) is 6.61 Å². The van der Waals surface area contributed by atoms with Crippen LogP contribution in [-0.2, 0) is 16.1 Å². The Labute approximate surface area is 109 Å².